The lowest BCUT2D eigenvalue weighted by Gasteiger charge is -2.65. The molecule has 4 rings (SSSR count). The van der Waals surface area contributed by atoms with Crippen LogP contribution in [-0.4, -0.2) is 24.7 Å². The molecular formula is C29H51NO2. The van der Waals surface area contributed by atoms with E-state index < -0.39 is 0 Å². The molecule has 0 saturated heterocycles. The zero-order chi connectivity index (χ0) is 23.1. The van der Waals surface area contributed by atoms with E-state index in [1.54, 1.807) is 6.92 Å². The number of carbonyl (C=O) groups excluding carboxylic acids is 1. The van der Waals surface area contributed by atoms with Crippen LogP contribution >= 0.6 is 0 Å². The maximum atomic E-state index is 12.4. The van der Waals surface area contributed by atoms with Gasteiger partial charge in [0.2, 0.25) is 5.91 Å². The van der Waals surface area contributed by atoms with Gasteiger partial charge in [0.15, 0.2) is 0 Å². The van der Waals surface area contributed by atoms with Crippen LogP contribution in [0.5, 0.6) is 0 Å². The molecule has 4 fully saturated rings. The first-order chi connectivity index (χ1) is 15.3. The van der Waals surface area contributed by atoms with E-state index in [0.29, 0.717) is 22.7 Å². The Morgan fingerprint density at radius 1 is 0.969 bits per heavy atom. The van der Waals surface area contributed by atoms with E-state index in [9.17, 15) is 4.79 Å². The maximum Gasteiger partial charge on any atom is 0.217 e. The quantitative estimate of drug-likeness (QED) is 0.458. The van der Waals surface area contributed by atoms with Crippen LogP contribution in [0.25, 0.3) is 0 Å². The molecule has 10 atom stereocenters. The SMILES string of the molecule is CCCOC1C(NC(C)=O)C2CCCC[C@]2(C)[C@H]2CC[C@]3(C)[C@@H]([C@H](C)CCC)CC[C@H]3[C@H]12. The summed E-state index contributed by atoms with van der Waals surface area (Å²) in [5.41, 5.74) is 0.804. The Morgan fingerprint density at radius 2 is 1.72 bits per heavy atom. The summed E-state index contributed by atoms with van der Waals surface area (Å²) < 4.78 is 6.79. The summed E-state index contributed by atoms with van der Waals surface area (Å²) in [7, 11) is 0. The molecule has 1 amide bonds. The fourth-order valence-corrected chi connectivity index (χ4v) is 9.84. The highest BCUT2D eigenvalue weighted by atomic mass is 16.5. The van der Waals surface area contributed by atoms with Gasteiger partial charge in [-0.25, -0.2) is 0 Å². The highest BCUT2D eigenvalue weighted by Crippen LogP contribution is 2.68. The first-order valence-electron chi connectivity index (χ1n) is 14.2. The van der Waals surface area contributed by atoms with Crippen molar-refractivity contribution in [3.8, 4) is 0 Å². The van der Waals surface area contributed by atoms with Crippen LogP contribution in [0.15, 0.2) is 0 Å². The molecular weight excluding hydrogens is 394 g/mol. The van der Waals surface area contributed by atoms with Crippen LogP contribution in [0.3, 0.4) is 0 Å². The lowest BCUT2D eigenvalue weighted by Crippen LogP contribution is -2.67. The van der Waals surface area contributed by atoms with Gasteiger partial charge in [0.05, 0.1) is 12.1 Å². The zero-order valence-corrected chi connectivity index (χ0v) is 21.9. The summed E-state index contributed by atoms with van der Waals surface area (Å²) in [6.07, 6.45) is 14.8. The van der Waals surface area contributed by atoms with E-state index in [1.807, 2.05) is 0 Å². The molecule has 0 aromatic carbocycles. The molecule has 4 saturated carbocycles. The third-order valence-electron chi connectivity index (χ3n) is 11.1. The number of nitrogens with one attached hydrogen (secondary N) is 1. The predicted molar refractivity (Wildman–Crippen MR) is 132 cm³/mol. The second-order valence-corrected chi connectivity index (χ2v) is 12.7. The van der Waals surface area contributed by atoms with Crippen LogP contribution < -0.4 is 5.32 Å². The van der Waals surface area contributed by atoms with Gasteiger partial charge in [-0.3, -0.25) is 4.79 Å². The summed E-state index contributed by atoms with van der Waals surface area (Å²) >= 11 is 0. The van der Waals surface area contributed by atoms with Crippen LogP contribution in [0, 0.1) is 46.3 Å². The Labute approximate surface area is 198 Å². The van der Waals surface area contributed by atoms with Crippen molar-refractivity contribution in [1.29, 1.82) is 0 Å². The predicted octanol–water partition coefficient (Wildman–Crippen LogP) is 6.99. The molecule has 3 heteroatoms. The standard InChI is InChI=1S/C29H51NO2/c1-7-11-19(3)21-13-14-22-25-23(15-17-29(21,22)6)28(5)16-10-9-12-24(28)26(30-20(4)31)27(25)32-18-8-2/h19,21-27H,7-18H2,1-6H3,(H,30,31)/t19-,21-,22+,23+,24?,25+,26?,27?,28-,29-/m1/s1. The van der Waals surface area contributed by atoms with Crippen molar-refractivity contribution in [2.24, 2.45) is 46.3 Å². The number of carbonyl (C=O) groups is 1. The number of fused-ring (bicyclic) bond motifs is 5. The number of amides is 1. The monoisotopic (exact) mass is 445 g/mol. The Hall–Kier alpha value is -0.570. The van der Waals surface area contributed by atoms with Crippen molar-refractivity contribution in [1.82, 2.24) is 5.32 Å². The van der Waals surface area contributed by atoms with Crippen molar-refractivity contribution in [2.45, 2.75) is 124 Å². The Morgan fingerprint density at radius 3 is 2.41 bits per heavy atom. The minimum absolute atomic E-state index is 0.130. The Bertz CT molecular complexity index is 664. The third-order valence-corrected chi connectivity index (χ3v) is 11.1. The van der Waals surface area contributed by atoms with Crippen molar-refractivity contribution in [3.63, 3.8) is 0 Å². The molecule has 1 N–H and O–H groups in total. The first kappa shape index (κ1) is 24.6. The molecule has 0 bridgehead atoms. The van der Waals surface area contributed by atoms with Crippen LogP contribution in [0.1, 0.15) is 112 Å². The molecule has 0 radical (unpaired) electrons. The molecule has 0 heterocycles. The third kappa shape index (κ3) is 3.97. The van der Waals surface area contributed by atoms with E-state index in [1.165, 1.54) is 64.2 Å². The van der Waals surface area contributed by atoms with Gasteiger partial charge in [-0.2, -0.15) is 0 Å². The largest absolute Gasteiger partial charge is 0.376 e. The zero-order valence-electron chi connectivity index (χ0n) is 21.9. The van der Waals surface area contributed by atoms with E-state index in [-0.39, 0.29) is 18.1 Å². The van der Waals surface area contributed by atoms with Gasteiger partial charge >= 0.3 is 0 Å². The van der Waals surface area contributed by atoms with E-state index in [0.717, 1.165) is 36.7 Å². The molecule has 0 spiro atoms. The molecule has 4 aliphatic carbocycles. The van der Waals surface area contributed by atoms with Gasteiger partial charge in [0.1, 0.15) is 0 Å². The second kappa shape index (κ2) is 9.59. The van der Waals surface area contributed by atoms with E-state index >= 15 is 0 Å². The second-order valence-electron chi connectivity index (χ2n) is 12.7. The lowest BCUT2D eigenvalue weighted by atomic mass is 9.42. The lowest BCUT2D eigenvalue weighted by molar-refractivity contribution is -0.195. The van der Waals surface area contributed by atoms with Gasteiger partial charge < -0.3 is 10.1 Å². The molecule has 32 heavy (non-hydrogen) atoms. The average Bonchev–Trinajstić information content (AvgIpc) is 3.10. The molecule has 3 nitrogen and oxygen atoms in total. The highest BCUT2D eigenvalue weighted by molar-refractivity contribution is 5.73. The van der Waals surface area contributed by atoms with E-state index in [2.05, 4.69) is 39.9 Å². The van der Waals surface area contributed by atoms with Crippen LogP contribution in [0.2, 0.25) is 0 Å². The minimum atomic E-state index is 0.130. The number of rotatable bonds is 7. The van der Waals surface area contributed by atoms with Gasteiger partial charge in [-0.1, -0.05) is 60.3 Å². The van der Waals surface area contributed by atoms with Gasteiger partial charge in [0, 0.05) is 13.5 Å². The molecule has 4 aliphatic rings. The molecule has 0 aromatic rings. The molecule has 184 valence electrons. The highest BCUT2D eigenvalue weighted by Gasteiger charge is 2.65. The number of ether oxygens (including phenoxy) is 1. The van der Waals surface area contributed by atoms with Crippen LogP contribution in [-0.2, 0) is 9.53 Å². The first-order valence-corrected chi connectivity index (χ1v) is 14.2. The molecule has 0 aromatic heterocycles. The summed E-state index contributed by atoms with van der Waals surface area (Å²) in [5.74, 6) is 4.51. The van der Waals surface area contributed by atoms with Gasteiger partial charge in [0.25, 0.3) is 0 Å². The maximum absolute atomic E-state index is 12.4. The fourth-order valence-electron chi connectivity index (χ4n) is 9.84. The van der Waals surface area contributed by atoms with Crippen molar-refractivity contribution < 1.29 is 9.53 Å². The van der Waals surface area contributed by atoms with E-state index in [4.69, 9.17) is 4.74 Å². The molecule has 3 unspecified atom stereocenters. The summed E-state index contributed by atoms with van der Waals surface area (Å²) in [4.78, 5) is 12.4. The van der Waals surface area contributed by atoms with Crippen LogP contribution in [0.4, 0.5) is 0 Å². The summed E-state index contributed by atoms with van der Waals surface area (Å²) in [6, 6.07) is 0.195. The van der Waals surface area contributed by atoms with Crippen molar-refractivity contribution in [3.05, 3.63) is 0 Å². The summed E-state index contributed by atoms with van der Waals surface area (Å²) in [6.45, 7) is 14.9. The Balaban J connectivity index is 1.73. The fraction of sp³-hybridized carbons (Fsp3) is 0.966. The smallest absolute Gasteiger partial charge is 0.217 e. The Kier molecular flexibility index (Phi) is 7.36. The normalized spacial score (nSPS) is 46.6. The minimum Gasteiger partial charge on any atom is -0.376 e. The van der Waals surface area contributed by atoms with Crippen molar-refractivity contribution >= 4 is 5.91 Å². The molecule has 0 aliphatic heterocycles. The number of hydrogen-bond acceptors (Lipinski definition) is 2. The van der Waals surface area contributed by atoms with Crippen molar-refractivity contribution in [2.75, 3.05) is 6.61 Å². The average molecular weight is 446 g/mol. The van der Waals surface area contributed by atoms with Gasteiger partial charge in [-0.15, -0.1) is 0 Å². The van der Waals surface area contributed by atoms with Gasteiger partial charge in [-0.05, 0) is 91.3 Å². The topological polar surface area (TPSA) is 38.3 Å². The summed E-state index contributed by atoms with van der Waals surface area (Å²) in [5, 5.41) is 3.48. The number of hydrogen-bond donors (Lipinski definition) is 1.